The summed E-state index contributed by atoms with van der Waals surface area (Å²) >= 11 is 0. The zero-order valence-corrected chi connectivity index (χ0v) is 10.9. The van der Waals surface area contributed by atoms with Gasteiger partial charge in [-0.05, 0) is 12.1 Å². The number of piperazine rings is 1. The molecule has 1 fully saturated rings. The number of rotatable bonds is 4. The third-order valence-corrected chi connectivity index (χ3v) is 4.80. The number of pyridine rings is 1. The Balaban J connectivity index is 1.97. The van der Waals surface area contributed by atoms with Gasteiger partial charge in [-0.2, -0.15) is 4.31 Å². The maximum atomic E-state index is 11.8. The first-order chi connectivity index (χ1) is 8.63. The fourth-order valence-electron chi connectivity index (χ4n) is 1.98. The van der Waals surface area contributed by atoms with Crippen molar-refractivity contribution in [3.63, 3.8) is 0 Å². The number of nitrogens with zero attached hydrogens (tertiary/aromatic N) is 3. The van der Waals surface area contributed by atoms with Gasteiger partial charge in [-0.1, -0.05) is 6.07 Å². The summed E-state index contributed by atoms with van der Waals surface area (Å²) in [5.74, 6) is 0.674. The van der Waals surface area contributed by atoms with E-state index < -0.39 is 10.0 Å². The monoisotopic (exact) mass is 271 g/mol. The summed E-state index contributed by atoms with van der Waals surface area (Å²) in [4.78, 5) is 6.30. The van der Waals surface area contributed by atoms with Crippen molar-refractivity contribution in [3.05, 3.63) is 24.4 Å². The summed E-state index contributed by atoms with van der Waals surface area (Å²) in [6.45, 7) is 1.81. The molecule has 6 nitrogen and oxygen atoms in total. The Kier molecular flexibility index (Phi) is 4.15. The van der Waals surface area contributed by atoms with Crippen molar-refractivity contribution in [2.45, 2.75) is 0 Å². The molecular formula is C11H17N3O3S. The molecule has 0 amide bonds. The van der Waals surface area contributed by atoms with Crippen LogP contribution in [-0.4, -0.2) is 61.4 Å². The topological polar surface area (TPSA) is 73.7 Å². The summed E-state index contributed by atoms with van der Waals surface area (Å²) in [5, 5.41) is 8.74. The zero-order valence-electron chi connectivity index (χ0n) is 10.1. The lowest BCUT2D eigenvalue weighted by molar-refractivity contribution is 0.312. The number of aliphatic hydroxyl groups excluding tert-OH is 1. The molecule has 0 aromatic carbocycles. The van der Waals surface area contributed by atoms with E-state index in [1.54, 1.807) is 6.20 Å². The Morgan fingerprint density at radius 2 is 1.94 bits per heavy atom. The third kappa shape index (κ3) is 2.98. The van der Waals surface area contributed by atoms with E-state index in [0.29, 0.717) is 26.2 Å². The molecule has 2 heterocycles. The second kappa shape index (κ2) is 5.64. The van der Waals surface area contributed by atoms with E-state index in [0.717, 1.165) is 5.82 Å². The van der Waals surface area contributed by atoms with Crippen LogP contribution in [-0.2, 0) is 10.0 Å². The normalized spacial score (nSPS) is 17.9. The van der Waals surface area contributed by atoms with E-state index in [-0.39, 0.29) is 12.4 Å². The number of hydrogen-bond donors (Lipinski definition) is 1. The molecule has 0 aliphatic carbocycles. The van der Waals surface area contributed by atoms with Gasteiger partial charge >= 0.3 is 0 Å². The van der Waals surface area contributed by atoms with Crippen LogP contribution in [0.5, 0.6) is 0 Å². The first-order valence-corrected chi connectivity index (χ1v) is 7.49. The molecule has 1 N–H and O–H groups in total. The van der Waals surface area contributed by atoms with Gasteiger partial charge in [0.05, 0.1) is 12.4 Å². The molecule has 100 valence electrons. The van der Waals surface area contributed by atoms with Gasteiger partial charge in [0.25, 0.3) is 0 Å². The van der Waals surface area contributed by atoms with Crippen molar-refractivity contribution in [1.29, 1.82) is 0 Å². The van der Waals surface area contributed by atoms with Gasteiger partial charge in [-0.3, -0.25) is 0 Å². The molecule has 1 aliphatic heterocycles. The maximum Gasteiger partial charge on any atom is 0.216 e. The van der Waals surface area contributed by atoms with Crippen LogP contribution in [0.4, 0.5) is 5.82 Å². The fraction of sp³-hybridized carbons (Fsp3) is 0.545. The Labute approximate surface area is 107 Å². The zero-order chi connectivity index (χ0) is 13.0. The second-order valence-corrected chi connectivity index (χ2v) is 6.20. The Bertz CT molecular complexity index is 470. The molecule has 18 heavy (non-hydrogen) atoms. The molecule has 7 heteroatoms. The standard InChI is InChI=1S/C11H17N3O3S/c15-9-10-18(16,17)14-7-5-13(6-8-14)11-3-1-2-4-12-11/h1-4,15H,5-10H2. The predicted molar refractivity (Wildman–Crippen MR) is 68.9 cm³/mol. The van der Waals surface area contributed by atoms with E-state index in [1.807, 2.05) is 18.2 Å². The second-order valence-electron chi connectivity index (χ2n) is 4.11. The average Bonchev–Trinajstić information content (AvgIpc) is 2.40. The number of aromatic nitrogens is 1. The minimum absolute atomic E-state index is 0.198. The van der Waals surface area contributed by atoms with Crippen molar-refractivity contribution < 1.29 is 13.5 Å². The van der Waals surface area contributed by atoms with Gasteiger partial charge in [0, 0.05) is 32.4 Å². The minimum atomic E-state index is -3.30. The molecule has 2 rings (SSSR count). The summed E-state index contributed by atoms with van der Waals surface area (Å²) in [5.41, 5.74) is 0. The van der Waals surface area contributed by atoms with Crippen molar-refractivity contribution in [1.82, 2.24) is 9.29 Å². The summed E-state index contributed by atoms with van der Waals surface area (Å²) < 4.78 is 25.0. The van der Waals surface area contributed by atoms with Gasteiger partial charge in [0.1, 0.15) is 5.82 Å². The van der Waals surface area contributed by atoms with Gasteiger partial charge < -0.3 is 10.0 Å². The van der Waals surface area contributed by atoms with E-state index in [2.05, 4.69) is 9.88 Å². The minimum Gasteiger partial charge on any atom is -0.395 e. The summed E-state index contributed by atoms with van der Waals surface area (Å²) in [6.07, 6.45) is 1.73. The highest BCUT2D eigenvalue weighted by Crippen LogP contribution is 2.14. The summed E-state index contributed by atoms with van der Waals surface area (Å²) in [6, 6.07) is 5.68. The van der Waals surface area contributed by atoms with E-state index in [4.69, 9.17) is 5.11 Å². The third-order valence-electron chi connectivity index (χ3n) is 2.95. The molecule has 0 unspecified atom stereocenters. The van der Waals surface area contributed by atoms with E-state index >= 15 is 0 Å². The van der Waals surface area contributed by atoms with Crippen LogP contribution < -0.4 is 4.90 Å². The lowest BCUT2D eigenvalue weighted by atomic mass is 10.3. The fourth-order valence-corrected chi connectivity index (χ4v) is 3.19. The van der Waals surface area contributed by atoms with Crippen molar-refractivity contribution in [2.24, 2.45) is 0 Å². The van der Waals surface area contributed by atoms with Crippen LogP contribution in [0.2, 0.25) is 0 Å². The SMILES string of the molecule is O=S(=O)(CCO)N1CCN(c2ccccn2)CC1. The number of aliphatic hydroxyl groups is 1. The molecule has 0 bridgehead atoms. The highest BCUT2D eigenvalue weighted by atomic mass is 32.2. The lowest BCUT2D eigenvalue weighted by Crippen LogP contribution is -2.49. The Morgan fingerprint density at radius 3 is 2.50 bits per heavy atom. The molecule has 0 saturated carbocycles. The van der Waals surface area contributed by atoms with E-state index in [1.165, 1.54) is 4.31 Å². The van der Waals surface area contributed by atoms with E-state index in [9.17, 15) is 8.42 Å². The predicted octanol–water partition coefficient (Wildman–Crippen LogP) is -0.474. The van der Waals surface area contributed by atoms with Crippen LogP contribution in [0.15, 0.2) is 24.4 Å². The van der Waals surface area contributed by atoms with Crippen molar-refractivity contribution in [2.75, 3.05) is 43.4 Å². The van der Waals surface area contributed by atoms with Gasteiger partial charge in [-0.15, -0.1) is 0 Å². The highest BCUT2D eigenvalue weighted by Gasteiger charge is 2.26. The van der Waals surface area contributed by atoms with Gasteiger partial charge in [-0.25, -0.2) is 13.4 Å². The van der Waals surface area contributed by atoms with Crippen LogP contribution in [0.3, 0.4) is 0 Å². The highest BCUT2D eigenvalue weighted by molar-refractivity contribution is 7.89. The van der Waals surface area contributed by atoms with Gasteiger partial charge in [0.2, 0.25) is 10.0 Å². The first-order valence-electron chi connectivity index (χ1n) is 5.88. The number of anilines is 1. The quantitative estimate of drug-likeness (QED) is 0.801. The molecule has 1 aromatic heterocycles. The summed E-state index contributed by atoms with van der Waals surface area (Å²) in [7, 11) is -3.30. The molecule has 1 aromatic rings. The first kappa shape index (κ1) is 13.3. The molecule has 0 radical (unpaired) electrons. The molecular weight excluding hydrogens is 254 g/mol. The number of sulfonamides is 1. The van der Waals surface area contributed by atoms with Crippen LogP contribution >= 0.6 is 0 Å². The molecule has 1 aliphatic rings. The maximum absolute atomic E-state index is 11.8. The van der Waals surface area contributed by atoms with Crippen LogP contribution in [0.25, 0.3) is 0 Å². The molecule has 0 atom stereocenters. The molecule has 0 spiro atoms. The smallest absolute Gasteiger partial charge is 0.216 e. The lowest BCUT2D eigenvalue weighted by Gasteiger charge is -2.34. The average molecular weight is 271 g/mol. The van der Waals surface area contributed by atoms with Crippen molar-refractivity contribution >= 4 is 15.8 Å². The number of hydrogen-bond acceptors (Lipinski definition) is 5. The Hall–Kier alpha value is -1.18. The van der Waals surface area contributed by atoms with Crippen molar-refractivity contribution in [3.8, 4) is 0 Å². The van der Waals surface area contributed by atoms with Crippen LogP contribution in [0.1, 0.15) is 0 Å². The van der Waals surface area contributed by atoms with Crippen LogP contribution in [0, 0.1) is 0 Å². The molecule has 1 saturated heterocycles. The Morgan fingerprint density at radius 1 is 1.22 bits per heavy atom. The van der Waals surface area contributed by atoms with Gasteiger partial charge in [0.15, 0.2) is 0 Å². The largest absolute Gasteiger partial charge is 0.395 e.